The molecule has 1 atom stereocenters. The molecule has 0 aliphatic carbocycles. The Bertz CT molecular complexity index is 1340. The van der Waals surface area contributed by atoms with E-state index in [0.717, 1.165) is 4.90 Å². The monoisotopic (exact) mass is 519 g/mol. The number of hydrogen-bond donors (Lipinski definition) is 1. The topological polar surface area (TPSA) is 66.8 Å². The van der Waals surface area contributed by atoms with Crippen molar-refractivity contribution in [3.63, 3.8) is 0 Å². The van der Waals surface area contributed by atoms with Gasteiger partial charge in [0.15, 0.2) is 0 Å². The number of ether oxygens (including phenoxy) is 1. The van der Waals surface area contributed by atoms with Gasteiger partial charge >= 0.3 is 0 Å². The molecule has 0 spiro atoms. The highest BCUT2D eigenvalue weighted by Gasteiger charge is 2.48. The van der Waals surface area contributed by atoms with Crippen LogP contribution in [-0.4, -0.2) is 23.4 Å². The lowest BCUT2D eigenvalue weighted by Crippen LogP contribution is -2.29. The predicted octanol–water partition coefficient (Wildman–Crippen LogP) is 6.81. The smallest absolute Gasteiger partial charge is 0.300 e. The lowest BCUT2D eigenvalue weighted by Gasteiger charge is -2.26. The second-order valence-corrected chi connectivity index (χ2v) is 8.59. The van der Waals surface area contributed by atoms with Crippen molar-refractivity contribution in [2.75, 3.05) is 11.5 Å². The van der Waals surface area contributed by atoms with Crippen LogP contribution in [0.5, 0.6) is 5.75 Å². The Labute approximate surface area is 209 Å². The van der Waals surface area contributed by atoms with Gasteiger partial charge < -0.3 is 9.84 Å². The maximum absolute atomic E-state index is 15.0. The van der Waals surface area contributed by atoms with E-state index in [1.54, 1.807) is 19.1 Å². The molecule has 1 saturated heterocycles. The molecule has 1 aliphatic heterocycles. The number of Topliss-reactive ketones (excluding diaryl/α,β-unsaturated/α-hetero) is 1. The summed E-state index contributed by atoms with van der Waals surface area (Å²) in [4.78, 5) is 27.5. The third-order valence-corrected chi connectivity index (χ3v) is 6.40. The zero-order valence-electron chi connectivity index (χ0n) is 17.7. The molecule has 1 N–H and O–H groups in total. The summed E-state index contributed by atoms with van der Waals surface area (Å²) in [5, 5.41) is 11.7. The first-order valence-electron chi connectivity index (χ1n) is 10.2. The molecule has 4 rings (SSSR count). The van der Waals surface area contributed by atoms with Crippen LogP contribution in [0.15, 0.2) is 66.2 Å². The second-order valence-electron chi connectivity index (χ2n) is 7.36. The standard InChI is InChI=1S/C25H17Cl3FNO4/c1-2-34-14-8-10-17(26)16(12-14)23(31)21-22(15-5-3-4-6-20(15)29)30(25(33)24(21)32)13-7-9-18(27)19(28)11-13/h3-12,22,31H,2H2,1H3/b23-21+. The Balaban J connectivity index is 1.99. The highest BCUT2D eigenvalue weighted by Crippen LogP contribution is 2.44. The van der Waals surface area contributed by atoms with Gasteiger partial charge in [-0.25, -0.2) is 4.39 Å². The van der Waals surface area contributed by atoms with Crippen molar-refractivity contribution in [1.29, 1.82) is 0 Å². The van der Waals surface area contributed by atoms with Crippen LogP contribution in [-0.2, 0) is 9.59 Å². The predicted molar refractivity (Wildman–Crippen MR) is 130 cm³/mol. The van der Waals surface area contributed by atoms with Gasteiger partial charge in [-0.05, 0) is 49.4 Å². The Hall–Kier alpha value is -3.06. The minimum atomic E-state index is -1.29. The van der Waals surface area contributed by atoms with Gasteiger partial charge in [-0.2, -0.15) is 0 Å². The van der Waals surface area contributed by atoms with Crippen molar-refractivity contribution in [1.82, 2.24) is 0 Å². The zero-order valence-corrected chi connectivity index (χ0v) is 20.0. The first-order valence-corrected chi connectivity index (χ1v) is 11.3. The van der Waals surface area contributed by atoms with Crippen LogP contribution < -0.4 is 9.64 Å². The van der Waals surface area contributed by atoms with E-state index in [1.165, 1.54) is 48.5 Å². The van der Waals surface area contributed by atoms with Crippen LogP contribution in [0.1, 0.15) is 24.1 Å². The fourth-order valence-corrected chi connectivity index (χ4v) is 4.31. The highest BCUT2D eigenvalue weighted by molar-refractivity contribution is 6.52. The molecular formula is C25H17Cl3FNO4. The van der Waals surface area contributed by atoms with Crippen molar-refractivity contribution in [3.05, 3.63) is 98.2 Å². The van der Waals surface area contributed by atoms with Crippen molar-refractivity contribution in [3.8, 4) is 5.75 Å². The van der Waals surface area contributed by atoms with Gasteiger partial charge in [0, 0.05) is 16.8 Å². The molecule has 0 saturated carbocycles. The summed E-state index contributed by atoms with van der Waals surface area (Å²) in [6.07, 6.45) is 0. The SMILES string of the molecule is CCOc1ccc(Cl)c(/C(O)=C2\C(=O)C(=O)N(c3ccc(Cl)c(Cl)c3)C2c2ccccc2F)c1. The number of carbonyl (C=O) groups is 2. The van der Waals surface area contributed by atoms with Crippen LogP contribution in [0.2, 0.25) is 15.1 Å². The molecule has 0 aromatic heterocycles. The van der Waals surface area contributed by atoms with E-state index in [1.807, 2.05) is 0 Å². The Kier molecular flexibility index (Phi) is 6.84. The summed E-state index contributed by atoms with van der Waals surface area (Å²) in [6.45, 7) is 2.15. The maximum atomic E-state index is 15.0. The van der Waals surface area contributed by atoms with Crippen LogP contribution >= 0.6 is 34.8 Å². The number of halogens is 4. The van der Waals surface area contributed by atoms with Gasteiger partial charge in [0.1, 0.15) is 17.3 Å². The number of ketones is 1. The number of aliphatic hydroxyl groups is 1. The summed E-state index contributed by atoms with van der Waals surface area (Å²) in [6, 6.07) is 13.3. The number of carbonyl (C=O) groups excluding carboxylic acids is 2. The van der Waals surface area contributed by atoms with Gasteiger partial charge in [0.25, 0.3) is 11.7 Å². The molecule has 1 heterocycles. The Morgan fingerprint density at radius 2 is 1.71 bits per heavy atom. The number of aliphatic hydroxyl groups excluding tert-OH is 1. The molecule has 1 unspecified atom stereocenters. The van der Waals surface area contributed by atoms with Gasteiger partial charge in [-0.1, -0.05) is 53.0 Å². The number of rotatable bonds is 5. The summed E-state index contributed by atoms with van der Waals surface area (Å²) < 4.78 is 20.4. The molecule has 3 aromatic carbocycles. The average molecular weight is 521 g/mol. The summed E-state index contributed by atoms with van der Waals surface area (Å²) >= 11 is 18.5. The van der Waals surface area contributed by atoms with Crippen molar-refractivity contribution in [2.24, 2.45) is 0 Å². The molecule has 1 aliphatic rings. The zero-order chi connectivity index (χ0) is 24.6. The number of benzene rings is 3. The quantitative estimate of drug-likeness (QED) is 0.228. The third kappa shape index (κ3) is 4.25. The normalized spacial score (nSPS) is 17.3. The molecule has 3 aromatic rings. The van der Waals surface area contributed by atoms with E-state index in [2.05, 4.69) is 0 Å². The van der Waals surface area contributed by atoms with Gasteiger partial charge in [0.05, 0.1) is 33.3 Å². The van der Waals surface area contributed by atoms with Crippen LogP contribution in [0.4, 0.5) is 10.1 Å². The van der Waals surface area contributed by atoms with E-state index >= 15 is 0 Å². The lowest BCUT2D eigenvalue weighted by molar-refractivity contribution is -0.132. The number of hydrogen-bond acceptors (Lipinski definition) is 4. The molecule has 0 bridgehead atoms. The lowest BCUT2D eigenvalue weighted by atomic mass is 9.94. The average Bonchev–Trinajstić information content (AvgIpc) is 3.07. The van der Waals surface area contributed by atoms with Crippen LogP contribution in [0.3, 0.4) is 0 Å². The molecule has 174 valence electrons. The molecule has 1 fully saturated rings. The fourth-order valence-electron chi connectivity index (χ4n) is 3.81. The van der Waals surface area contributed by atoms with Gasteiger partial charge in [-0.15, -0.1) is 0 Å². The van der Waals surface area contributed by atoms with E-state index in [4.69, 9.17) is 39.5 Å². The molecule has 34 heavy (non-hydrogen) atoms. The van der Waals surface area contributed by atoms with Crippen LogP contribution in [0.25, 0.3) is 5.76 Å². The minimum absolute atomic E-state index is 0.00593. The minimum Gasteiger partial charge on any atom is -0.507 e. The third-order valence-electron chi connectivity index (χ3n) is 5.33. The number of amides is 1. The fraction of sp³-hybridized carbons (Fsp3) is 0.120. The van der Waals surface area contributed by atoms with Crippen molar-refractivity contribution in [2.45, 2.75) is 13.0 Å². The summed E-state index contributed by atoms with van der Waals surface area (Å²) in [5.41, 5.74) is -0.0396. The molecule has 0 radical (unpaired) electrons. The van der Waals surface area contributed by atoms with Crippen LogP contribution in [0, 0.1) is 5.82 Å². The number of anilines is 1. The molecular weight excluding hydrogens is 504 g/mol. The van der Waals surface area contributed by atoms with Crippen molar-refractivity contribution >= 4 is 57.9 Å². The first-order chi connectivity index (χ1) is 16.2. The van der Waals surface area contributed by atoms with E-state index in [-0.39, 0.29) is 37.5 Å². The summed E-state index contributed by atoms with van der Waals surface area (Å²) in [7, 11) is 0. The Morgan fingerprint density at radius 1 is 1.00 bits per heavy atom. The van der Waals surface area contributed by atoms with E-state index in [0.29, 0.717) is 12.4 Å². The summed E-state index contributed by atoms with van der Waals surface area (Å²) in [5.74, 6) is -2.80. The molecule has 1 amide bonds. The number of nitrogens with zero attached hydrogens (tertiary/aromatic N) is 1. The molecule has 5 nitrogen and oxygen atoms in total. The molecule has 9 heteroatoms. The first kappa shape index (κ1) is 24.1. The maximum Gasteiger partial charge on any atom is 0.300 e. The van der Waals surface area contributed by atoms with Gasteiger partial charge in [-0.3, -0.25) is 14.5 Å². The second kappa shape index (κ2) is 9.66. The van der Waals surface area contributed by atoms with E-state index in [9.17, 15) is 19.1 Å². The highest BCUT2D eigenvalue weighted by atomic mass is 35.5. The van der Waals surface area contributed by atoms with Gasteiger partial charge in [0.2, 0.25) is 0 Å². The Morgan fingerprint density at radius 3 is 2.38 bits per heavy atom. The van der Waals surface area contributed by atoms with E-state index < -0.39 is 29.3 Å². The largest absolute Gasteiger partial charge is 0.507 e. The van der Waals surface area contributed by atoms with Crippen molar-refractivity contribution < 1.29 is 23.8 Å².